The summed E-state index contributed by atoms with van der Waals surface area (Å²) in [5, 5.41) is 13.9. The summed E-state index contributed by atoms with van der Waals surface area (Å²) < 4.78 is 25.8. The zero-order valence-corrected chi connectivity index (χ0v) is 19.7. The molecule has 11 heteroatoms. The highest BCUT2D eigenvalue weighted by atomic mass is 32.2. The molecule has 1 heterocycles. The van der Waals surface area contributed by atoms with Crippen molar-refractivity contribution in [2.45, 2.75) is 11.7 Å². The number of halogens is 1. The van der Waals surface area contributed by atoms with Gasteiger partial charge in [0.25, 0.3) is 0 Å². The van der Waals surface area contributed by atoms with E-state index in [1.54, 1.807) is 62.2 Å². The molecule has 1 aromatic heterocycles. The van der Waals surface area contributed by atoms with E-state index in [-0.39, 0.29) is 29.8 Å². The molecule has 0 unspecified atom stereocenters. The van der Waals surface area contributed by atoms with Crippen LogP contribution in [-0.2, 0) is 23.2 Å². The molecule has 3 aromatic rings. The van der Waals surface area contributed by atoms with Crippen molar-refractivity contribution < 1.29 is 23.5 Å². The molecule has 2 N–H and O–H groups in total. The van der Waals surface area contributed by atoms with Crippen molar-refractivity contribution in [2.24, 2.45) is 7.05 Å². The molecule has 2 aromatic carbocycles. The first-order valence-corrected chi connectivity index (χ1v) is 11.1. The zero-order chi connectivity index (χ0) is 24.5. The molecule has 0 aliphatic heterocycles. The predicted octanol–water partition coefficient (Wildman–Crippen LogP) is 3.03. The highest BCUT2D eigenvalue weighted by Crippen LogP contribution is 2.28. The van der Waals surface area contributed by atoms with Gasteiger partial charge in [-0.2, -0.15) is 0 Å². The third-order valence-electron chi connectivity index (χ3n) is 4.66. The summed E-state index contributed by atoms with van der Waals surface area (Å²) >= 11 is 1.16. The average molecular weight is 486 g/mol. The van der Waals surface area contributed by atoms with Gasteiger partial charge >= 0.3 is 0 Å². The molecule has 0 aliphatic carbocycles. The first kappa shape index (κ1) is 24.8. The average Bonchev–Trinajstić information content (AvgIpc) is 3.20. The number of para-hydroxylation sites is 1. The SMILES string of the molecule is COc1ccc(C=CC(=O)NCc2nnc(SCC(=O)Nc3ccccc3F)n2C)cc1OC. The monoisotopic (exact) mass is 485 g/mol. The van der Waals surface area contributed by atoms with Crippen LogP contribution in [-0.4, -0.2) is 46.6 Å². The highest BCUT2D eigenvalue weighted by molar-refractivity contribution is 7.99. The van der Waals surface area contributed by atoms with E-state index in [1.807, 2.05) is 0 Å². The molecule has 0 radical (unpaired) electrons. The maximum Gasteiger partial charge on any atom is 0.244 e. The Hall–Kier alpha value is -3.86. The summed E-state index contributed by atoms with van der Waals surface area (Å²) in [4.78, 5) is 24.3. The molecule has 0 aliphatic rings. The molecular formula is C23H24FN5O4S. The highest BCUT2D eigenvalue weighted by Gasteiger charge is 2.13. The largest absolute Gasteiger partial charge is 0.493 e. The minimum absolute atomic E-state index is 0.0285. The lowest BCUT2D eigenvalue weighted by Crippen LogP contribution is -2.22. The number of hydrogen-bond acceptors (Lipinski definition) is 7. The van der Waals surface area contributed by atoms with E-state index in [9.17, 15) is 14.0 Å². The van der Waals surface area contributed by atoms with Crippen LogP contribution in [0.3, 0.4) is 0 Å². The van der Waals surface area contributed by atoms with Crippen LogP contribution in [0.15, 0.2) is 53.7 Å². The Bertz CT molecular complexity index is 1200. The third kappa shape index (κ3) is 6.58. The molecule has 3 rings (SSSR count). The van der Waals surface area contributed by atoms with E-state index in [2.05, 4.69) is 20.8 Å². The summed E-state index contributed by atoms with van der Waals surface area (Å²) in [6.45, 7) is 0.153. The van der Waals surface area contributed by atoms with E-state index in [0.29, 0.717) is 22.5 Å². The maximum absolute atomic E-state index is 13.6. The number of carbonyl (C=O) groups excluding carboxylic acids is 2. The van der Waals surface area contributed by atoms with Crippen molar-refractivity contribution in [3.63, 3.8) is 0 Å². The Kier molecular flexibility index (Phi) is 8.63. The fourth-order valence-corrected chi connectivity index (χ4v) is 3.59. The number of amides is 2. The number of thioether (sulfide) groups is 1. The van der Waals surface area contributed by atoms with E-state index in [0.717, 1.165) is 17.3 Å². The second-order valence-electron chi connectivity index (χ2n) is 6.94. The van der Waals surface area contributed by atoms with Crippen LogP contribution in [0.2, 0.25) is 0 Å². The lowest BCUT2D eigenvalue weighted by molar-refractivity contribution is -0.116. The van der Waals surface area contributed by atoms with Crippen molar-refractivity contribution in [1.82, 2.24) is 20.1 Å². The van der Waals surface area contributed by atoms with Gasteiger partial charge in [-0.3, -0.25) is 9.59 Å². The smallest absolute Gasteiger partial charge is 0.244 e. The Morgan fingerprint density at radius 1 is 1.12 bits per heavy atom. The number of hydrogen-bond donors (Lipinski definition) is 2. The van der Waals surface area contributed by atoms with E-state index < -0.39 is 5.82 Å². The summed E-state index contributed by atoms with van der Waals surface area (Å²) in [5.74, 6) is 0.536. The van der Waals surface area contributed by atoms with Crippen molar-refractivity contribution in [1.29, 1.82) is 0 Å². The van der Waals surface area contributed by atoms with Gasteiger partial charge in [-0.15, -0.1) is 10.2 Å². The van der Waals surface area contributed by atoms with Gasteiger partial charge in [0.15, 0.2) is 22.5 Å². The lowest BCUT2D eigenvalue weighted by Gasteiger charge is -2.07. The molecule has 0 saturated heterocycles. The number of ether oxygens (including phenoxy) is 2. The van der Waals surface area contributed by atoms with Gasteiger partial charge in [-0.1, -0.05) is 30.0 Å². The normalized spacial score (nSPS) is 10.8. The van der Waals surface area contributed by atoms with E-state index in [4.69, 9.17) is 9.47 Å². The molecule has 0 bridgehead atoms. The van der Waals surface area contributed by atoms with Gasteiger partial charge in [0.1, 0.15) is 5.82 Å². The molecule has 0 saturated carbocycles. The number of benzene rings is 2. The van der Waals surface area contributed by atoms with Gasteiger partial charge in [0, 0.05) is 13.1 Å². The van der Waals surface area contributed by atoms with E-state index >= 15 is 0 Å². The van der Waals surface area contributed by atoms with Crippen LogP contribution in [0, 0.1) is 5.82 Å². The summed E-state index contributed by atoms with van der Waals surface area (Å²) in [7, 11) is 4.83. The predicted molar refractivity (Wildman–Crippen MR) is 127 cm³/mol. The number of nitrogens with zero attached hydrogens (tertiary/aromatic N) is 3. The molecule has 2 amide bonds. The second-order valence-corrected chi connectivity index (χ2v) is 7.88. The molecule has 0 fully saturated rings. The number of carbonyl (C=O) groups is 2. The number of rotatable bonds is 10. The summed E-state index contributed by atoms with van der Waals surface area (Å²) in [6, 6.07) is 11.3. The first-order chi connectivity index (χ1) is 16.4. The van der Waals surface area contributed by atoms with Crippen LogP contribution in [0.4, 0.5) is 10.1 Å². The summed E-state index contributed by atoms with van der Waals surface area (Å²) in [5.41, 5.74) is 0.898. The lowest BCUT2D eigenvalue weighted by atomic mass is 10.2. The second kappa shape index (κ2) is 11.8. The Labute approximate surface area is 200 Å². The van der Waals surface area contributed by atoms with Crippen molar-refractivity contribution in [3.8, 4) is 11.5 Å². The molecule has 9 nitrogen and oxygen atoms in total. The van der Waals surface area contributed by atoms with Gasteiger partial charge in [0.05, 0.1) is 32.2 Å². The zero-order valence-electron chi connectivity index (χ0n) is 18.9. The minimum atomic E-state index is -0.502. The quantitative estimate of drug-likeness (QED) is 0.336. The Balaban J connectivity index is 1.50. The van der Waals surface area contributed by atoms with Gasteiger partial charge in [-0.05, 0) is 35.9 Å². The van der Waals surface area contributed by atoms with Crippen LogP contribution < -0.4 is 20.1 Å². The fourth-order valence-electron chi connectivity index (χ4n) is 2.86. The third-order valence-corrected chi connectivity index (χ3v) is 5.68. The summed E-state index contributed by atoms with van der Waals surface area (Å²) in [6.07, 6.45) is 3.06. The van der Waals surface area contributed by atoms with Crippen LogP contribution in [0.5, 0.6) is 11.5 Å². The first-order valence-electron chi connectivity index (χ1n) is 10.1. The van der Waals surface area contributed by atoms with Crippen LogP contribution in [0.1, 0.15) is 11.4 Å². The van der Waals surface area contributed by atoms with Crippen molar-refractivity contribution in [2.75, 3.05) is 25.3 Å². The Morgan fingerprint density at radius 2 is 1.88 bits per heavy atom. The van der Waals surface area contributed by atoms with Gasteiger partial charge in [-0.25, -0.2) is 4.39 Å². The maximum atomic E-state index is 13.6. The number of nitrogens with one attached hydrogen (secondary N) is 2. The number of aromatic nitrogens is 3. The van der Waals surface area contributed by atoms with Crippen LogP contribution in [0.25, 0.3) is 6.08 Å². The molecule has 34 heavy (non-hydrogen) atoms. The Morgan fingerprint density at radius 3 is 2.62 bits per heavy atom. The van der Waals surface area contributed by atoms with Gasteiger partial charge < -0.3 is 24.7 Å². The standard InChI is InChI=1S/C23H24FN5O4S/c1-29-20(13-25-21(30)11-9-15-8-10-18(32-2)19(12-15)33-3)27-28-23(29)34-14-22(31)26-17-7-5-4-6-16(17)24/h4-12H,13-14H2,1-3H3,(H,25,30)(H,26,31). The molecule has 0 atom stereocenters. The molecule has 0 spiro atoms. The minimum Gasteiger partial charge on any atom is -0.493 e. The number of anilines is 1. The van der Waals surface area contributed by atoms with Crippen LogP contribution >= 0.6 is 11.8 Å². The molecule has 178 valence electrons. The fraction of sp³-hybridized carbons (Fsp3) is 0.217. The topological polar surface area (TPSA) is 107 Å². The number of methoxy groups -OCH3 is 2. The van der Waals surface area contributed by atoms with E-state index in [1.165, 1.54) is 18.2 Å². The van der Waals surface area contributed by atoms with Crippen molar-refractivity contribution >= 4 is 35.3 Å². The van der Waals surface area contributed by atoms with Crippen molar-refractivity contribution in [3.05, 3.63) is 65.7 Å². The molecular weight excluding hydrogens is 461 g/mol. The van der Waals surface area contributed by atoms with Gasteiger partial charge in [0.2, 0.25) is 11.8 Å².